The highest BCUT2D eigenvalue weighted by molar-refractivity contribution is 7.22. The van der Waals surface area contributed by atoms with Gasteiger partial charge in [0.2, 0.25) is 0 Å². The molecule has 0 aliphatic heterocycles. The van der Waals surface area contributed by atoms with Crippen LogP contribution in [0.25, 0.3) is 38.6 Å². The number of hydrogen-bond donors (Lipinski definition) is 0. The predicted molar refractivity (Wildman–Crippen MR) is 248 cm³/mol. The van der Waals surface area contributed by atoms with Crippen molar-refractivity contribution >= 4 is 51.5 Å². The van der Waals surface area contributed by atoms with Crippen LogP contribution in [0.4, 0.5) is 0 Å². The molecule has 0 amide bonds. The average Bonchev–Trinajstić information content (AvgIpc) is 4.04. The lowest BCUT2D eigenvalue weighted by Crippen LogP contribution is -2.08. The van der Waals surface area contributed by atoms with E-state index >= 15 is 0 Å². The van der Waals surface area contributed by atoms with Crippen molar-refractivity contribution < 1.29 is 0 Å². The number of allylic oxidation sites excluding steroid dienone is 6. The lowest BCUT2D eigenvalue weighted by atomic mass is 9.80. The molecule has 0 spiro atoms. The maximum Gasteiger partial charge on any atom is 0.138 e. The third-order valence-electron chi connectivity index (χ3n) is 12.0. The van der Waals surface area contributed by atoms with Crippen LogP contribution in [0.1, 0.15) is 192 Å². The molecule has 302 valence electrons. The highest BCUT2D eigenvalue weighted by atomic mass is 32.1. The first-order valence-electron chi connectivity index (χ1n) is 22.3. The molecular formula is C52H62N4S2. The zero-order valence-electron chi connectivity index (χ0n) is 35.6. The van der Waals surface area contributed by atoms with Gasteiger partial charge in [-0.25, -0.2) is 0 Å². The predicted octanol–water partition coefficient (Wildman–Crippen LogP) is 16.3. The molecule has 2 aliphatic carbocycles. The van der Waals surface area contributed by atoms with E-state index in [1.165, 1.54) is 117 Å². The zero-order chi connectivity index (χ0) is 41.3. The van der Waals surface area contributed by atoms with Gasteiger partial charge in [0.1, 0.15) is 35.4 Å². The van der Waals surface area contributed by atoms with Crippen molar-refractivity contribution in [1.82, 2.24) is 0 Å². The highest BCUT2D eigenvalue weighted by Gasteiger charge is 2.36. The highest BCUT2D eigenvalue weighted by Crippen LogP contribution is 2.54. The van der Waals surface area contributed by atoms with Gasteiger partial charge in [-0.3, -0.25) is 0 Å². The second-order valence-corrected chi connectivity index (χ2v) is 18.7. The number of nitriles is 4. The summed E-state index contributed by atoms with van der Waals surface area (Å²) in [6.45, 7) is 8.68. The van der Waals surface area contributed by atoms with Gasteiger partial charge in [0.15, 0.2) is 0 Å². The van der Waals surface area contributed by atoms with Gasteiger partial charge < -0.3 is 0 Å². The fourth-order valence-corrected chi connectivity index (χ4v) is 10.9. The van der Waals surface area contributed by atoms with Gasteiger partial charge in [0.25, 0.3) is 0 Å². The van der Waals surface area contributed by atoms with Crippen LogP contribution in [0.3, 0.4) is 0 Å². The molecule has 2 aliphatic rings. The summed E-state index contributed by atoms with van der Waals surface area (Å²) in [4.78, 5) is 4.70. The van der Waals surface area contributed by atoms with Crippen molar-refractivity contribution in [3.8, 4) is 34.0 Å². The number of aryl methyl sites for hydroxylation is 1. The number of fused-ring (bicyclic) bond motifs is 2. The molecule has 0 bridgehead atoms. The van der Waals surface area contributed by atoms with E-state index in [0.29, 0.717) is 0 Å². The summed E-state index contributed by atoms with van der Waals surface area (Å²) in [5.41, 5.74) is 10.2. The smallest absolute Gasteiger partial charge is 0.138 e. The summed E-state index contributed by atoms with van der Waals surface area (Å²) < 4.78 is 0. The Hall–Kier alpha value is -4.46. The molecule has 0 saturated carbocycles. The van der Waals surface area contributed by atoms with Gasteiger partial charge in [0, 0.05) is 36.2 Å². The Morgan fingerprint density at radius 2 is 0.862 bits per heavy atom. The number of rotatable bonds is 24. The molecule has 1 aromatic carbocycles. The van der Waals surface area contributed by atoms with E-state index < -0.39 is 0 Å². The van der Waals surface area contributed by atoms with Crippen LogP contribution in [0.5, 0.6) is 0 Å². The van der Waals surface area contributed by atoms with E-state index in [0.717, 1.165) is 99.1 Å². The Morgan fingerprint density at radius 3 is 1.33 bits per heavy atom. The first-order chi connectivity index (χ1) is 28.4. The molecular weight excluding hydrogens is 745 g/mol. The molecule has 0 radical (unpaired) electrons. The number of unbranched alkanes of at least 4 members (excludes halogenated alkanes) is 18. The fraction of sp³-hybridized carbons (Fsp3) is 0.500. The second-order valence-electron chi connectivity index (χ2n) is 16.3. The molecule has 0 atom stereocenters. The van der Waals surface area contributed by atoms with Gasteiger partial charge in [0.05, 0.1) is 0 Å². The Bertz CT molecular complexity index is 2160. The van der Waals surface area contributed by atoms with Gasteiger partial charge in [-0.05, 0) is 109 Å². The summed E-state index contributed by atoms with van der Waals surface area (Å²) in [5, 5.41) is 41.7. The first-order valence-corrected chi connectivity index (χ1v) is 23.9. The molecule has 4 nitrogen and oxygen atoms in total. The van der Waals surface area contributed by atoms with Crippen molar-refractivity contribution in [3.63, 3.8) is 0 Å². The second kappa shape index (κ2) is 23.2. The van der Waals surface area contributed by atoms with Gasteiger partial charge in [-0.15, -0.1) is 22.7 Å². The van der Waals surface area contributed by atoms with E-state index in [-0.39, 0.29) is 11.1 Å². The van der Waals surface area contributed by atoms with Crippen molar-refractivity contribution in [1.29, 1.82) is 21.0 Å². The minimum absolute atomic E-state index is 0.144. The summed E-state index contributed by atoms with van der Waals surface area (Å²) >= 11 is 3.49. The summed E-state index contributed by atoms with van der Waals surface area (Å²) in [6, 6.07) is 17.8. The maximum atomic E-state index is 10.6. The SMILES string of the molecule is CCCCCCCCCCCCc1c2c(c(CCCCCCCCCCCC)c3c1C(=C(C#N)C#N)C(C)=C3)C(=C(C#N)C#N)C(c1ccc(-c3ccc(C)s3)s1)=C2. The Balaban J connectivity index is 1.56. The van der Waals surface area contributed by atoms with Crippen LogP contribution >= 0.6 is 22.7 Å². The lowest BCUT2D eigenvalue weighted by Gasteiger charge is -2.22. The molecule has 6 heteroatoms. The van der Waals surface area contributed by atoms with E-state index in [4.69, 9.17) is 0 Å². The van der Waals surface area contributed by atoms with Gasteiger partial charge >= 0.3 is 0 Å². The van der Waals surface area contributed by atoms with E-state index in [1.807, 2.05) is 6.92 Å². The Kier molecular flexibility index (Phi) is 17.9. The number of nitrogens with zero attached hydrogens (tertiary/aromatic N) is 4. The molecule has 5 rings (SSSR count). The third kappa shape index (κ3) is 11.0. The van der Waals surface area contributed by atoms with Crippen molar-refractivity contribution in [2.45, 2.75) is 169 Å². The molecule has 2 aromatic heterocycles. The first kappa shape index (κ1) is 44.6. The quantitative estimate of drug-likeness (QED) is 0.0665. The standard InChI is InChI=1S/C52H62N4S2/c1-5-7-9-11-13-15-17-19-21-23-25-41-43-31-37(3)49(39(33-53)34-54)51(43)42(26-24-22-20-18-16-14-12-10-8-6-2)44-32-45(50(52(41)44)40(35-55)36-56)46-29-30-48(58-46)47-28-27-38(4)57-47/h27-32H,5-26H2,1-4H3. The number of thiophene rings is 2. The van der Waals surface area contributed by atoms with Gasteiger partial charge in [-0.2, -0.15) is 21.0 Å². The maximum absolute atomic E-state index is 10.6. The van der Waals surface area contributed by atoms with Crippen LogP contribution in [0, 0.1) is 52.2 Å². The van der Waals surface area contributed by atoms with Crippen LogP contribution in [0.2, 0.25) is 0 Å². The van der Waals surface area contributed by atoms with Crippen molar-refractivity contribution in [2.24, 2.45) is 0 Å². The zero-order valence-corrected chi connectivity index (χ0v) is 37.3. The monoisotopic (exact) mass is 806 g/mol. The van der Waals surface area contributed by atoms with Crippen LogP contribution in [-0.4, -0.2) is 0 Å². The molecule has 58 heavy (non-hydrogen) atoms. The lowest BCUT2D eigenvalue weighted by molar-refractivity contribution is 0.555. The fourth-order valence-electron chi connectivity index (χ4n) is 8.95. The van der Waals surface area contributed by atoms with Crippen LogP contribution in [-0.2, 0) is 12.8 Å². The molecule has 0 unspecified atom stereocenters. The number of hydrogen-bond acceptors (Lipinski definition) is 6. The Labute approximate surface area is 357 Å². The molecule has 2 heterocycles. The largest absolute Gasteiger partial charge is 0.192 e. The minimum Gasteiger partial charge on any atom is -0.192 e. The van der Waals surface area contributed by atoms with E-state index in [1.54, 1.807) is 22.7 Å². The van der Waals surface area contributed by atoms with E-state index in [9.17, 15) is 21.0 Å². The van der Waals surface area contributed by atoms with Crippen molar-refractivity contribution in [3.05, 3.63) is 84.1 Å². The molecule has 3 aromatic rings. The number of benzene rings is 1. The van der Waals surface area contributed by atoms with Crippen LogP contribution in [0.15, 0.2) is 41.0 Å². The average molecular weight is 807 g/mol. The third-order valence-corrected chi connectivity index (χ3v) is 14.3. The van der Waals surface area contributed by atoms with E-state index in [2.05, 4.69) is 81.5 Å². The topological polar surface area (TPSA) is 95.2 Å². The minimum atomic E-state index is 0.144. The normalized spacial score (nSPS) is 12.7. The molecule has 0 fully saturated rings. The summed E-state index contributed by atoms with van der Waals surface area (Å²) in [7, 11) is 0. The Morgan fingerprint density at radius 1 is 0.466 bits per heavy atom. The van der Waals surface area contributed by atoms with Gasteiger partial charge in [-0.1, -0.05) is 135 Å². The van der Waals surface area contributed by atoms with Crippen LogP contribution < -0.4 is 0 Å². The summed E-state index contributed by atoms with van der Waals surface area (Å²) in [5.74, 6) is 0. The molecule has 0 N–H and O–H groups in total. The molecule has 0 saturated heterocycles. The summed E-state index contributed by atoms with van der Waals surface area (Å²) in [6.07, 6.45) is 30.9. The van der Waals surface area contributed by atoms with Crippen molar-refractivity contribution in [2.75, 3.05) is 0 Å².